The third-order valence-electron chi connectivity index (χ3n) is 3.29. The fraction of sp³-hybridized carbons (Fsp3) is 0.375. The van der Waals surface area contributed by atoms with Crippen LogP contribution in [0.5, 0.6) is 5.75 Å². The van der Waals surface area contributed by atoms with E-state index in [0.717, 1.165) is 0 Å². The molecule has 2 N–H and O–H groups in total. The van der Waals surface area contributed by atoms with E-state index in [1.165, 1.54) is 23.6 Å². The summed E-state index contributed by atoms with van der Waals surface area (Å²) in [6, 6.07) is 7.61. The Morgan fingerprint density at radius 3 is 2.54 bits per heavy atom. The third-order valence-corrected chi connectivity index (χ3v) is 3.29. The largest absolute Gasteiger partial charge is 0.484 e. The molecule has 0 saturated heterocycles. The number of hydrogen-bond donors (Lipinski definition) is 2. The fourth-order valence-electron chi connectivity index (χ4n) is 1.91. The molecule has 8 nitrogen and oxygen atoms in total. The lowest BCUT2D eigenvalue weighted by Crippen LogP contribution is -2.24. The number of aromatic nitrogens is 3. The predicted molar refractivity (Wildman–Crippen MR) is 88.7 cm³/mol. The summed E-state index contributed by atoms with van der Waals surface area (Å²) >= 11 is 0. The van der Waals surface area contributed by atoms with Crippen molar-refractivity contribution in [1.82, 2.24) is 20.1 Å². The normalized spacial score (nSPS) is 10.5. The Balaban J connectivity index is 1.81. The van der Waals surface area contributed by atoms with Crippen molar-refractivity contribution in [3.05, 3.63) is 36.2 Å². The monoisotopic (exact) mass is 331 g/mol. The molecule has 0 fully saturated rings. The van der Waals surface area contributed by atoms with Crippen molar-refractivity contribution in [2.24, 2.45) is 0 Å². The average molecular weight is 331 g/mol. The predicted octanol–water partition coefficient (Wildman–Crippen LogP) is 1.16. The summed E-state index contributed by atoms with van der Waals surface area (Å²) in [6.07, 6.45) is 1.37. The summed E-state index contributed by atoms with van der Waals surface area (Å²) in [5, 5.41) is 8.97. The van der Waals surface area contributed by atoms with Crippen molar-refractivity contribution in [3.63, 3.8) is 0 Å². The molecule has 128 valence electrons. The molecule has 8 heteroatoms. The van der Waals surface area contributed by atoms with E-state index in [-0.39, 0.29) is 30.9 Å². The van der Waals surface area contributed by atoms with Gasteiger partial charge in [0.15, 0.2) is 6.61 Å². The number of carbonyl (C=O) groups is 2. The van der Waals surface area contributed by atoms with Gasteiger partial charge in [0.1, 0.15) is 18.6 Å². The number of amides is 2. The van der Waals surface area contributed by atoms with E-state index in [9.17, 15) is 9.59 Å². The number of nitrogens with one attached hydrogen (secondary N) is 2. The number of likely N-dealkylation sites (N-methyl/N-ethyl adjacent to an activating group) is 1. The number of ether oxygens (including phenoxy) is 1. The Bertz CT molecular complexity index is 694. The highest BCUT2D eigenvalue weighted by Crippen LogP contribution is 2.18. The second kappa shape index (κ2) is 8.09. The van der Waals surface area contributed by atoms with E-state index in [1.807, 2.05) is 24.3 Å². The van der Waals surface area contributed by atoms with Gasteiger partial charge in [-0.3, -0.25) is 14.9 Å². The maximum Gasteiger partial charge on any atom is 0.264 e. The zero-order valence-electron chi connectivity index (χ0n) is 13.9. The zero-order valence-corrected chi connectivity index (χ0v) is 13.9. The van der Waals surface area contributed by atoms with Crippen molar-refractivity contribution in [1.29, 1.82) is 0 Å². The molecule has 0 unspecified atom stereocenters. The highest BCUT2D eigenvalue weighted by molar-refractivity contribution is 5.90. The second-order valence-electron chi connectivity index (χ2n) is 5.50. The Hall–Kier alpha value is -2.90. The molecule has 0 aliphatic heterocycles. The van der Waals surface area contributed by atoms with Crippen LogP contribution in [0.15, 0.2) is 30.6 Å². The first-order chi connectivity index (χ1) is 11.5. The van der Waals surface area contributed by atoms with Crippen molar-refractivity contribution >= 4 is 17.8 Å². The van der Waals surface area contributed by atoms with E-state index in [0.29, 0.717) is 11.7 Å². The number of nitrogens with zero attached hydrogens (tertiary/aromatic N) is 3. The van der Waals surface area contributed by atoms with Crippen LogP contribution in [0.4, 0.5) is 5.95 Å². The van der Waals surface area contributed by atoms with Gasteiger partial charge in [-0.1, -0.05) is 26.0 Å². The molecule has 2 amide bonds. The van der Waals surface area contributed by atoms with E-state index >= 15 is 0 Å². The quantitative estimate of drug-likeness (QED) is 0.793. The van der Waals surface area contributed by atoms with Crippen molar-refractivity contribution in [2.75, 3.05) is 19.0 Å². The van der Waals surface area contributed by atoms with Crippen molar-refractivity contribution < 1.29 is 14.3 Å². The molecule has 2 aromatic rings. The molecule has 1 heterocycles. The molecule has 0 aliphatic carbocycles. The SMILES string of the molecule is CNC(=O)Cn1cnc(NC(=O)COc2ccc(C(C)C)cc2)n1. The van der Waals surface area contributed by atoms with Crippen LogP contribution in [-0.2, 0) is 16.1 Å². The van der Waals surface area contributed by atoms with Crippen LogP contribution in [0.3, 0.4) is 0 Å². The molecule has 24 heavy (non-hydrogen) atoms. The molecule has 0 saturated carbocycles. The lowest BCUT2D eigenvalue weighted by Gasteiger charge is -2.08. The van der Waals surface area contributed by atoms with E-state index in [4.69, 9.17) is 4.74 Å². The van der Waals surface area contributed by atoms with Crippen LogP contribution in [0.2, 0.25) is 0 Å². The topological polar surface area (TPSA) is 98.1 Å². The van der Waals surface area contributed by atoms with E-state index < -0.39 is 0 Å². The highest BCUT2D eigenvalue weighted by atomic mass is 16.5. The number of benzene rings is 1. The third kappa shape index (κ3) is 5.08. The Kier molecular flexibility index (Phi) is 5.89. The van der Waals surface area contributed by atoms with Gasteiger partial charge in [0.25, 0.3) is 5.91 Å². The minimum atomic E-state index is -0.374. The Morgan fingerprint density at radius 1 is 1.21 bits per heavy atom. The maximum absolute atomic E-state index is 11.8. The number of carbonyl (C=O) groups excluding carboxylic acids is 2. The van der Waals surface area contributed by atoms with Gasteiger partial charge in [-0.25, -0.2) is 9.67 Å². The van der Waals surface area contributed by atoms with Gasteiger partial charge in [-0.2, -0.15) is 0 Å². The lowest BCUT2D eigenvalue weighted by atomic mass is 10.0. The molecule has 2 rings (SSSR count). The van der Waals surface area contributed by atoms with E-state index in [1.54, 1.807) is 0 Å². The molecule has 0 atom stereocenters. The summed E-state index contributed by atoms with van der Waals surface area (Å²) in [6.45, 7) is 4.11. The zero-order chi connectivity index (χ0) is 17.5. The van der Waals surface area contributed by atoms with Gasteiger partial charge >= 0.3 is 0 Å². The fourth-order valence-corrected chi connectivity index (χ4v) is 1.91. The number of hydrogen-bond acceptors (Lipinski definition) is 5. The summed E-state index contributed by atoms with van der Waals surface area (Å²) in [5.41, 5.74) is 1.21. The van der Waals surface area contributed by atoms with Crippen LogP contribution >= 0.6 is 0 Å². The summed E-state index contributed by atoms with van der Waals surface area (Å²) in [5.74, 6) is 0.611. The van der Waals surface area contributed by atoms with Crippen LogP contribution in [-0.4, -0.2) is 40.2 Å². The van der Waals surface area contributed by atoms with Crippen LogP contribution in [0, 0.1) is 0 Å². The number of anilines is 1. The van der Waals surface area contributed by atoms with Gasteiger partial charge in [-0.15, -0.1) is 5.10 Å². The van der Waals surface area contributed by atoms with Gasteiger partial charge in [0.2, 0.25) is 11.9 Å². The Morgan fingerprint density at radius 2 is 1.92 bits per heavy atom. The maximum atomic E-state index is 11.8. The van der Waals surface area contributed by atoms with Crippen LogP contribution in [0.25, 0.3) is 0 Å². The number of rotatable bonds is 7. The highest BCUT2D eigenvalue weighted by Gasteiger charge is 2.09. The van der Waals surface area contributed by atoms with Gasteiger partial charge in [0, 0.05) is 7.05 Å². The molecule has 0 radical (unpaired) electrons. The molecule has 0 spiro atoms. The summed E-state index contributed by atoms with van der Waals surface area (Å²) in [4.78, 5) is 27.0. The van der Waals surface area contributed by atoms with Crippen LogP contribution in [0.1, 0.15) is 25.3 Å². The van der Waals surface area contributed by atoms with Crippen LogP contribution < -0.4 is 15.4 Å². The van der Waals surface area contributed by atoms with Crippen molar-refractivity contribution in [3.8, 4) is 5.75 Å². The van der Waals surface area contributed by atoms with Gasteiger partial charge < -0.3 is 10.1 Å². The van der Waals surface area contributed by atoms with Gasteiger partial charge in [0.05, 0.1) is 0 Å². The van der Waals surface area contributed by atoms with Crippen molar-refractivity contribution in [2.45, 2.75) is 26.3 Å². The average Bonchev–Trinajstić information content (AvgIpc) is 3.00. The molecular weight excluding hydrogens is 310 g/mol. The minimum absolute atomic E-state index is 0.0398. The first-order valence-corrected chi connectivity index (χ1v) is 7.60. The standard InChI is InChI=1S/C16H21N5O3/c1-11(2)12-4-6-13(7-5-12)24-9-15(23)19-16-18-10-21(20-16)8-14(22)17-3/h4-7,10-11H,8-9H2,1-3H3,(H,17,22)(H,19,20,23). The smallest absolute Gasteiger partial charge is 0.264 e. The lowest BCUT2D eigenvalue weighted by molar-refractivity contribution is -0.121. The molecule has 0 aliphatic rings. The Labute approximate surface area is 140 Å². The van der Waals surface area contributed by atoms with Gasteiger partial charge in [-0.05, 0) is 23.6 Å². The molecular formula is C16H21N5O3. The first-order valence-electron chi connectivity index (χ1n) is 7.60. The first kappa shape index (κ1) is 17.5. The van der Waals surface area contributed by atoms with E-state index in [2.05, 4.69) is 34.6 Å². The second-order valence-corrected chi connectivity index (χ2v) is 5.50. The summed E-state index contributed by atoms with van der Waals surface area (Å²) in [7, 11) is 1.53. The molecule has 1 aromatic carbocycles. The molecule has 0 bridgehead atoms. The minimum Gasteiger partial charge on any atom is -0.484 e. The molecule has 1 aromatic heterocycles. The summed E-state index contributed by atoms with van der Waals surface area (Å²) < 4.78 is 6.76.